The number of rotatable bonds is 4. The van der Waals surface area contributed by atoms with Crippen LogP contribution in [-0.2, 0) is 9.59 Å². The maximum atomic E-state index is 13.1. The molecule has 2 bridgehead atoms. The summed E-state index contributed by atoms with van der Waals surface area (Å²) in [6.07, 6.45) is 6.44. The van der Waals surface area contributed by atoms with Crippen molar-refractivity contribution in [3.63, 3.8) is 0 Å². The molecular weight excluding hydrogens is 356 g/mol. The topological polar surface area (TPSA) is 70.8 Å². The van der Waals surface area contributed by atoms with Crippen LogP contribution in [0.2, 0.25) is 0 Å². The van der Waals surface area contributed by atoms with Gasteiger partial charge in [-0.25, -0.2) is 0 Å². The molecule has 1 saturated carbocycles. The summed E-state index contributed by atoms with van der Waals surface area (Å²) in [6.45, 7) is 1.79. The number of hydrogen-bond donors (Lipinski definition) is 0. The highest BCUT2D eigenvalue weighted by Gasteiger charge is 2.59. The van der Waals surface area contributed by atoms with E-state index in [9.17, 15) is 14.4 Å². The molecule has 1 aliphatic heterocycles. The van der Waals surface area contributed by atoms with Crippen molar-refractivity contribution in [1.82, 2.24) is 4.90 Å². The van der Waals surface area contributed by atoms with Crippen molar-refractivity contribution in [1.29, 1.82) is 0 Å². The van der Waals surface area contributed by atoms with Gasteiger partial charge in [0.2, 0.25) is 11.8 Å². The second-order valence-electron chi connectivity index (χ2n) is 7.74. The normalized spacial score (nSPS) is 27.5. The van der Waals surface area contributed by atoms with Gasteiger partial charge < -0.3 is 4.42 Å². The Labute approximate surface area is 162 Å². The van der Waals surface area contributed by atoms with Gasteiger partial charge in [-0.2, -0.15) is 0 Å². The van der Waals surface area contributed by atoms with Crippen molar-refractivity contribution < 1.29 is 18.8 Å². The number of aryl methyl sites for hydroxylation is 1. The number of likely N-dealkylation sites (tertiary alicyclic amines) is 1. The van der Waals surface area contributed by atoms with E-state index in [2.05, 4.69) is 12.2 Å². The van der Waals surface area contributed by atoms with Gasteiger partial charge in [-0.3, -0.25) is 24.2 Å². The summed E-state index contributed by atoms with van der Waals surface area (Å²) < 4.78 is 5.28. The Morgan fingerprint density at radius 1 is 1.07 bits per heavy atom. The van der Waals surface area contributed by atoms with Crippen LogP contribution >= 0.6 is 0 Å². The Morgan fingerprint density at radius 3 is 2.36 bits per heavy atom. The predicted octanol–water partition coefficient (Wildman–Crippen LogP) is 3.00. The summed E-state index contributed by atoms with van der Waals surface area (Å²) in [7, 11) is 0. The van der Waals surface area contributed by atoms with Crippen LogP contribution in [0.1, 0.15) is 22.5 Å². The van der Waals surface area contributed by atoms with E-state index in [1.54, 1.807) is 12.1 Å². The Bertz CT molecular complexity index is 964. The number of anilines is 1. The monoisotopic (exact) mass is 376 g/mol. The third-order valence-corrected chi connectivity index (χ3v) is 6.23. The quantitative estimate of drug-likeness (QED) is 0.608. The molecule has 2 aromatic rings. The minimum atomic E-state index is -0.377. The number of hydrogen-bond acceptors (Lipinski definition) is 4. The van der Waals surface area contributed by atoms with Crippen LogP contribution in [-0.4, -0.2) is 29.3 Å². The first-order valence-corrected chi connectivity index (χ1v) is 9.51. The van der Waals surface area contributed by atoms with E-state index >= 15 is 0 Å². The number of fused-ring (bicyclic) bond motifs is 5. The minimum Gasteiger partial charge on any atom is -0.459 e. The zero-order valence-corrected chi connectivity index (χ0v) is 15.4. The fraction of sp³-hybridized carbons (Fsp3) is 0.318. The Balaban J connectivity index is 1.49. The van der Waals surface area contributed by atoms with Gasteiger partial charge in [0.05, 0.1) is 18.1 Å². The summed E-state index contributed by atoms with van der Waals surface area (Å²) in [5, 5.41) is 0. The lowest BCUT2D eigenvalue weighted by atomic mass is 9.85. The first-order chi connectivity index (χ1) is 13.6. The van der Waals surface area contributed by atoms with Gasteiger partial charge in [-0.05, 0) is 48.9 Å². The molecule has 4 atom stereocenters. The average Bonchev–Trinajstić information content (AvgIpc) is 3.47. The SMILES string of the molecule is Cc1ccccc1N(CN1C(=O)[C@H]2[C@H](C1=O)[C@H]1C=C[C@H]2C1)C(=O)c1ccco1. The predicted molar refractivity (Wildman–Crippen MR) is 101 cm³/mol. The Kier molecular flexibility index (Phi) is 3.75. The molecule has 1 aromatic carbocycles. The van der Waals surface area contributed by atoms with Crippen LogP contribution in [0.5, 0.6) is 0 Å². The standard InChI is InChI=1S/C22H20N2O4/c1-13-5-2-3-6-16(13)23(20(25)17-7-4-10-28-17)12-24-21(26)18-14-8-9-15(11-14)19(18)22(24)27/h2-10,14-15,18-19H,11-12H2,1H3/t14-,15-,18+,19+/m0/s1. The molecule has 2 aliphatic carbocycles. The fourth-order valence-electron chi connectivity index (χ4n) is 4.89. The van der Waals surface area contributed by atoms with Crippen LogP contribution in [0.3, 0.4) is 0 Å². The molecule has 5 rings (SSSR count). The third-order valence-electron chi connectivity index (χ3n) is 6.23. The third kappa shape index (κ3) is 2.37. The lowest BCUT2D eigenvalue weighted by Crippen LogP contribution is -2.45. The highest BCUT2D eigenvalue weighted by atomic mass is 16.3. The Hall–Kier alpha value is -3.15. The average molecular weight is 376 g/mol. The molecular formula is C22H20N2O4. The number of nitrogens with zero attached hydrogens (tertiary/aromatic N) is 2. The molecule has 28 heavy (non-hydrogen) atoms. The molecule has 3 aliphatic rings. The summed E-state index contributed by atoms with van der Waals surface area (Å²) in [6, 6.07) is 10.6. The molecule has 6 heteroatoms. The van der Waals surface area contributed by atoms with Gasteiger partial charge in [-0.15, -0.1) is 0 Å². The molecule has 142 valence electrons. The van der Waals surface area contributed by atoms with E-state index < -0.39 is 0 Å². The van der Waals surface area contributed by atoms with Gasteiger partial charge in [0.1, 0.15) is 6.67 Å². The number of para-hydroxylation sites is 1. The van der Waals surface area contributed by atoms with Crippen molar-refractivity contribution in [3.05, 3.63) is 66.1 Å². The van der Waals surface area contributed by atoms with Crippen molar-refractivity contribution in [2.75, 3.05) is 11.6 Å². The molecule has 0 radical (unpaired) electrons. The van der Waals surface area contributed by atoms with Crippen molar-refractivity contribution >= 4 is 23.4 Å². The molecule has 0 N–H and O–H groups in total. The van der Waals surface area contributed by atoms with Crippen LogP contribution in [0.25, 0.3) is 0 Å². The zero-order valence-electron chi connectivity index (χ0n) is 15.4. The number of imide groups is 1. The number of carbonyl (C=O) groups excluding carboxylic acids is 3. The molecule has 2 heterocycles. The first-order valence-electron chi connectivity index (χ1n) is 9.51. The number of amides is 3. The van der Waals surface area contributed by atoms with Gasteiger partial charge in [0.25, 0.3) is 5.91 Å². The number of furan rings is 1. The minimum absolute atomic E-state index is 0.103. The maximum Gasteiger partial charge on any atom is 0.295 e. The molecule has 3 amide bonds. The van der Waals surface area contributed by atoms with Gasteiger partial charge in [-0.1, -0.05) is 30.4 Å². The maximum absolute atomic E-state index is 13.1. The summed E-state index contributed by atoms with van der Waals surface area (Å²) >= 11 is 0. The van der Waals surface area contributed by atoms with Crippen molar-refractivity contribution in [3.8, 4) is 0 Å². The lowest BCUT2D eigenvalue weighted by Gasteiger charge is -2.28. The van der Waals surface area contributed by atoms with Crippen LogP contribution in [0, 0.1) is 30.6 Å². The van der Waals surface area contributed by atoms with E-state index in [0.29, 0.717) is 5.69 Å². The van der Waals surface area contributed by atoms with Crippen LogP contribution in [0.4, 0.5) is 5.69 Å². The van der Waals surface area contributed by atoms with Crippen molar-refractivity contribution in [2.45, 2.75) is 13.3 Å². The zero-order chi connectivity index (χ0) is 19.4. The molecule has 6 nitrogen and oxygen atoms in total. The van der Waals surface area contributed by atoms with Crippen LogP contribution in [0.15, 0.2) is 59.2 Å². The van der Waals surface area contributed by atoms with E-state index in [1.807, 2.05) is 31.2 Å². The van der Waals surface area contributed by atoms with Crippen LogP contribution < -0.4 is 4.90 Å². The van der Waals surface area contributed by atoms with E-state index in [-0.39, 0.29) is 53.8 Å². The summed E-state index contributed by atoms with van der Waals surface area (Å²) in [5.74, 6) is -0.814. The number of benzene rings is 1. The fourth-order valence-corrected chi connectivity index (χ4v) is 4.89. The molecule has 1 aromatic heterocycles. The largest absolute Gasteiger partial charge is 0.459 e. The molecule has 0 spiro atoms. The molecule has 1 saturated heterocycles. The molecule has 0 unspecified atom stereocenters. The van der Waals surface area contributed by atoms with Gasteiger partial charge >= 0.3 is 0 Å². The van der Waals surface area contributed by atoms with Gasteiger partial charge in [0, 0.05) is 5.69 Å². The highest BCUT2D eigenvalue weighted by molar-refractivity contribution is 6.09. The Morgan fingerprint density at radius 2 is 1.75 bits per heavy atom. The second-order valence-corrected chi connectivity index (χ2v) is 7.74. The van der Waals surface area contributed by atoms with E-state index in [0.717, 1.165) is 12.0 Å². The van der Waals surface area contributed by atoms with Crippen molar-refractivity contribution in [2.24, 2.45) is 23.7 Å². The van der Waals surface area contributed by atoms with Gasteiger partial charge in [0.15, 0.2) is 5.76 Å². The smallest absolute Gasteiger partial charge is 0.295 e. The van der Waals surface area contributed by atoms with E-state index in [4.69, 9.17) is 4.42 Å². The number of allylic oxidation sites excluding steroid dienone is 2. The number of carbonyl (C=O) groups is 3. The highest BCUT2D eigenvalue weighted by Crippen LogP contribution is 2.52. The van der Waals surface area contributed by atoms with E-state index in [1.165, 1.54) is 16.1 Å². The summed E-state index contributed by atoms with van der Waals surface area (Å²) in [5.41, 5.74) is 1.53. The summed E-state index contributed by atoms with van der Waals surface area (Å²) in [4.78, 5) is 42.0. The molecule has 2 fully saturated rings. The first kappa shape index (κ1) is 17.0. The second kappa shape index (κ2) is 6.19. The lowest BCUT2D eigenvalue weighted by molar-refractivity contribution is -0.140.